The van der Waals surface area contributed by atoms with Crippen LogP contribution in [0.3, 0.4) is 0 Å². The Bertz CT molecular complexity index is 481. The highest BCUT2D eigenvalue weighted by atomic mass is 79.9. The minimum Gasteiger partial charge on any atom is -0.334 e. The van der Waals surface area contributed by atoms with Gasteiger partial charge in [0, 0.05) is 5.75 Å². The molecule has 2 rings (SSSR count). The lowest BCUT2D eigenvalue weighted by atomic mass is 10.2. The van der Waals surface area contributed by atoms with Crippen molar-refractivity contribution in [1.29, 1.82) is 0 Å². The van der Waals surface area contributed by atoms with E-state index in [1.807, 2.05) is 13.0 Å². The number of amides is 2. The minimum absolute atomic E-state index is 0.157. The summed E-state index contributed by atoms with van der Waals surface area (Å²) in [5.41, 5.74) is 1.56. The Hall–Kier alpha value is -1.08. The second-order valence-electron chi connectivity index (χ2n) is 3.62. The number of pyridine rings is 1. The molecule has 1 aromatic heterocycles. The lowest BCUT2D eigenvalue weighted by molar-refractivity contribution is -0.117. The fourth-order valence-electron chi connectivity index (χ4n) is 1.38. The quantitative estimate of drug-likeness (QED) is 0.818. The first kappa shape index (κ1) is 12.4. The molecule has 90 valence electrons. The van der Waals surface area contributed by atoms with Gasteiger partial charge in [0.1, 0.15) is 10.6 Å². The first-order chi connectivity index (χ1) is 8.06. The molecule has 0 aromatic carbocycles. The second kappa shape index (κ2) is 5.05. The lowest BCUT2D eigenvalue weighted by Crippen LogP contribution is -2.38. The number of aryl methyl sites for hydroxylation is 1. The summed E-state index contributed by atoms with van der Waals surface area (Å²) in [5, 5.41) is 5.15. The summed E-state index contributed by atoms with van der Waals surface area (Å²) in [5.74, 6) is 0.250. The van der Waals surface area contributed by atoms with Gasteiger partial charge in [-0.2, -0.15) is 0 Å². The van der Waals surface area contributed by atoms with E-state index >= 15 is 0 Å². The van der Waals surface area contributed by atoms with Gasteiger partial charge in [0.25, 0.3) is 5.24 Å². The standard InChI is InChI=1S/C10H10BrN3O2S/c1-5-2-6(3-12-8(5)11)13-9(15)7-4-17-10(16)14-7/h2-3,7H,4H2,1H3,(H,13,15)(H,14,16). The third-order valence-electron chi connectivity index (χ3n) is 2.27. The summed E-state index contributed by atoms with van der Waals surface area (Å²) in [7, 11) is 0. The van der Waals surface area contributed by atoms with Crippen molar-refractivity contribution in [1.82, 2.24) is 10.3 Å². The van der Waals surface area contributed by atoms with Crippen molar-refractivity contribution in [3.05, 3.63) is 22.4 Å². The number of aromatic nitrogens is 1. The number of rotatable bonds is 2. The van der Waals surface area contributed by atoms with Gasteiger partial charge in [-0.25, -0.2) is 4.98 Å². The molecule has 1 unspecified atom stereocenters. The summed E-state index contributed by atoms with van der Waals surface area (Å²) in [6.45, 7) is 1.89. The third-order valence-corrected chi connectivity index (χ3v) is 3.98. The number of hydrogen-bond acceptors (Lipinski definition) is 4. The van der Waals surface area contributed by atoms with Gasteiger partial charge in [-0.05, 0) is 34.5 Å². The van der Waals surface area contributed by atoms with Crippen molar-refractivity contribution in [3.63, 3.8) is 0 Å². The normalized spacial score (nSPS) is 18.9. The molecule has 1 aromatic rings. The van der Waals surface area contributed by atoms with Crippen LogP contribution in [-0.2, 0) is 4.79 Å². The Morgan fingerprint density at radius 2 is 2.47 bits per heavy atom. The zero-order chi connectivity index (χ0) is 12.4. The van der Waals surface area contributed by atoms with Gasteiger partial charge in [-0.15, -0.1) is 0 Å². The molecule has 17 heavy (non-hydrogen) atoms. The van der Waals surface area contributed by atoms with Gasteiger partial charge in [-0.3, -0.25) is 9.59 Å². The Balaban J connectivity index is 2.03. The highest BCUT2D eigenvalue weighted by Crippen LogP contribution is 2.18. The number of anilines is 1. The molecule has 0 radical (unpaired) electrons. The number of carbonyl (C=O) groups is 2. The van der Waals surface area contributed by atoms with E-state index in [1.54, 1.807) is 6.20 Å². The molecule has 2 amide bonds. The molecule has 7 heteroatoms. The zero-order valence-electron chi connectivity index (χ0n) is 8.99. The van der Waals surface area contributed by atoms with Gasteiger partial charge in [0.15, 0.2) is 0 Å². The van der Waals surface area contributed by atoms with E-state index in [4.69, 9.17) is 0 Å². The Labute approximate surface area is 111 Å². The summed E-state index contributed by atoms with van der Waals surface area (Å²) in [4.78, 5) is 26.8. The monoisotopic (exact) mass is 315 g/mol. The average molecular weight is 316 g/mol. The van der Waals surface area contributed by atoms with Crippen LogP contribution in [0.1, 0.15) is 5.56 Å². The van der Waals surface area contributed by atoms with E-state index in [-0.39, 0.29) is 11.1 Å². The molecule has 1 saturated heterocycles. The molecule has 0 bridgehead atoms. The maximum Gasteiger partial charge on any atom is 0.279 e. The Morgan fingerprint density at radius 3 is 3.06 bits per heavy atom. The maximum atomic E-state index is 11.8. The highest BCUT2D eigenvalue weighted by molar-refractivity contribution is 9.10. The van der Waals surface area contributed by atoms with Crippen molar-refractivity contribution >= 4 is 44.5 Å². The molecule has 0 aliphatic carbocycles. The fraction of sp³-hybridized carbons (Fsp3) is 0.300. The predicted octanol–water partition coefficient (Wildman–Crippen LogP) is 1.92. The lowest BCUT2D eigenvalue weighted by Gasteiger charge is -2.10. The van der Waals surface area contributed by atoms with Crippen LogP contribution in [0, 0.1) is 6.92 Å². The highest BCUT2D eigenvalue weighted by Gasteiger charge is 2.27. The van der Waals surface area contributed by atoms with E-state index in [0.29, 0.717) is 11.4 Å². The molecular weight excluding hydrogens is 306 g/mol. The molecule has 5 nitrogen and oxygen atoms in total. The van der Waals surface area contributed by atoms with Crippen LogP contribution in [0.5, 0.6) is 0 Å². The van der Waals surface area contributed by atoms with E-state index < -0.39 is 6.04 Å². The number of thioether (sulfide) groups is 1. The minimum atomic E-state index is -0.462. The van der Waals surface area contributed by atoms with E-state index in [9.17, 15) is 9.59 Å². The van der Waals surface area contributed by atoms with Crippen molar-refractivity contribution in [2.24, 2.45) is 0 Å². The first-order valence-electron chi connectivity index (χ1n) is 4.92. The molecular formula is C10H10BrN3O2S. The summed E-state index contributed by atoms with van der Waals surface area (Å²) >= 11 is 4.40. The average Bonchev–Trinajstić information content (AvgIpc) is 2.70. The summed E-state index contributed by atoms with van der Waals surface area (Å²) < 4.78 is 0.750. The molecule has 0 spiro atoms. The molecule has 0 saturated carbocycles. The van der Waals surface area contributed by atoms with E-state index in [0.717, 1.165) is 21.9 Å². The van der Waals surface area contributed by atoms with E-state index in [2.05, 4.69) is 31.5 Å². The molecule has 2 N–H and O–H groups in total. The molecule has 2 heterocycles. The van der Waals surface area contributed by atoms with Crippen LogP contribution in [0.25, 0.3) is 0 Å². The molecule has 1 fully saturated rings. The van der Waals surface area contributed by atoms with Gasteiger partial charge in [-0.1, -0.05) is 11.8 Å². The molecule has 1 aliphatic heterocycles. The molecule has 1 aliphatic rings. The van der Waals surface area contributed by atoms with E-state index in [1.165, 1.54) is 0 Å². The molecule has 1 atom stereocenters. The fourth-order valence-corrected chi connectivity index (χ4v) is 2.38. The van der Waals surface area contributed by atoms with Gasteiger partial charge in [0.05, 0.1) is 11.9 Å². The third kappa shape index (κ3) is 2.98. The zero-order valence-corrected chi connectivity index (χ0v) is 11.4. The SMILES string of the molecule is Cc1cc(NC(=O)C2CSC(=O)N2)cnc1Br. The maximum absolute atomic E-state index is 11.8. The number of carbonyl (C=O) groups excluding carboxylic acids is 2. The smallest absolute Gasteiger partial charge is 0.279 e. The topological polar surface area (TPSA) is 71.1 Å². The number of halogens is 1. The Morgan fingerprint density at radius 1 is 1.71 bits per heavy atom. The van der Waals surface area contributed by atoms with Crippen molar-refractivity contribution in [3.8, 4) is 0 Å². The predicted molar refractivity (Wildman–Crippen MR) is 70.1 cm³/mol. The number of nitrogens with one attached hydrogen (secondary N) is 2. The van der Waals surface area contributed by atoms with Gasteiger partial charge in [0.2, 0.25) is 5.91 Å². The van der Waals surface area contributed by atoms with Crippen LogP contribution < -0.4 is 10.6 Å². The van der Waals surface area contributed by atoms with Crippen molar-refractivity contribution in [2.45, 2.75) is 13.0 Å². The number of nitrogens with zero attached hydrogens (tertiary/aromatic N) is 1. The summed E-state index contributed by atoms with van der Waals surface area (Å²) in [6.07, 6.45) is 1.57. The van der Waals surface area contributed by atoms with Crippen LogP contribution in [0.15, 0.2) is 16.9 Å². The van der Waals surface area contributed by atoms with Crippen LogP contribution >= 0.6 is 27.7 Å². The second-order valence-corrected chi connectivity index (χ2v) is 5.36. The van der Waals surface area contributed by atoms with Gasteiger partial charge < -0.3 is 10.6 Å². The number of hydrogen-bond donors (Lipinski definition) is 2. The van der Waals surface area contributed by atoms with Crippen LogP contribution in [-0.4, -0.2) is 27.9 Å². The van der Waals surface area contributed by atoms with Crippen molar-refractivity contribution < 1.29 is 9.59 Å². The summed E-state index contributed by atoms with van der Waals surface area (Å²) in [6, 6.07) is 1.36. The van der Waals surface area contributed by atoms with Gasteiger partial charge >= 0.3 is 0 Å². The largest absolute Gasteiger partial charge is 0.334 e. The van der Waals surface area contributed by atoms with Crippen molar-refractivity contribution in [2.75, 3.05) is 11.1 Å². The van der Waals surface area contributed by atoms with Crippen LogP contribution in [0.4, 0.5) is 10.5 Å². The first-order valence-corrected chi connectivity index (χ1v) is 6.70. The Kier molecular flexibility index (Phi) is 3.68. The van der Waals surface area contributed by atoms with Crippen LogP contribution in [0.2, 0.25) is 0 Å².